The van der Waals surface area contributed by atoms with Crippen LogP contribution in [0.5, 0.6) is 23.0 Å². The molecule has 0 atom stereocenters. The number of carbonyl (C=O) groups is 3. The van der Waals surface area contributed by atoms with Crippen LogP contribution in [0, 0.1) is 0 Å². The van der Waals surface area contributed by atoms with Gasteiger partial charge in [0.2, 0.25) is 0 Å². The number of amides is 2. The fourth-order valence-corrected chi connectivity index (χ4v) is 8.54. The molecule has 0 aliphatic heterocycles. The average molecular weight is 993 g/mol. The van der Waals surface area contributed by atoms with E-state index in [1.54, 1.807) is 0 Å². The maximum atomic E-state index is 13.1. The van der Waals surface area contributed by atoms with E-state index in [9.17, 15) is 96.9 Å². The second-order valence-corrected chi connectivity index (χ2v) is 18.7. The number of phenolic OH excluding ortho intramolecular Hbond substituents is 2. The number of fused-ring (bicyclic) bond motifs is 2. The van der Waals surface area contributed by atoms with E-state index >= 15 is 0 Å². The van der Waals surface area contributed by atoms with Gasteiger partial charge >= 0.3 is 18.0 Å². The normalized spacial score (nSPS) is 12.5. The minimum Gasteiger partial charge on any atom is -0.506 e. The lowest BCUT2D eigenvalue weighted by Crippen LogP contribution is -2.19. The van der Waals surface area contributed by atoms with Gasteiger partial charge in [0.1, 0.15) is 42.1 Å². The van der Waals surface area contributed by atoms with E-state index in [4.69, 9.17) is 0 Å². The van der Waals surface area contributed by atoms with E-state index in [0.717, 1.165) is 36.4 Å². The number of phenols is 4. The summed E-state index contributed by atoms with van der Waals surface area (Å²) in [4.78, 5) is 31.4. The number of rotatable bonds is 12. The number of carboxylic acid groups (broad SMARTS) is 2. The van der Waals surface area contributed by atoms with Crippen molar-refractivity contribution in [2.45, 2.75) is 19.6 Å². The second kappa shape index (κ2) is 16.9. The van der Waals surface area contributed by atoms with E-state index in [1.165, 1.54) is 12.1 Å². The summed E-state index contributed by atoms with van der Waals surface area (Å²) in [5, 5.41) is 78.9. The van der Waals surface area contributed by atoms with Gasteiger partial charge in [-0.2, -0.15) is 43.9 Å². The zero-order chi connectivity index (χ0) is 49.0. The Balaban J connectivity index is 1.31. The number of benzene rings is 6. The smallest absolute Gasteiger partial charge is 0.339 e. The number of azo groups is 2. The van der Waals surface area contributed by atoms with E-state index in [-0.39, 0.29) is 32.9 Å². The molecule has 0 saturated heterocycles. The van der Waals surface area contributed by atoms with Crippen LogP contribution in [0.1, 0.15) is 20.7 Å². The third-order valence-electron chi connectivity index (χ3n) is 8.84. The number of nitrogens with one attached hydrogen (secondary N) is 2. The van der Waals surface area contributed by atoms with Crippen LogP contribution < -0.4 is 10.6 Å². The second-order valence-electron chi connectivity index (χ2n) is 13.2. The fraction of sp³-hybridized carbons (Fsp3) is 0. The number of hydrogen-bond acceptors (Lipinski definition) is 19. The van der Waals surface area contributed by atoms with Gasteiger partial charge in [0.25, 0.3) is 40.5 Å². The summed E-state index contributed by atoms with van der Waals surface area (Å²) in [5.41, 5.74) is -5.59. The van der Waals surface area contributed by atoms with Gasteiger partial charge in [0.15, 0.2) is 23.0 Å². The summed E-state index contributed by atoms with van der Waals surface area (Å²) in [6, 6.07) is 9.51. The van der Waals surface area contributed by atoms with Gasteiger partial charge in [-0.1, -0.05) is 0 Å². The highest BCUT2D eigenvalue weighted by Crippen LogP contribution is 2.44. The first-order valence-corrected chi connectivity index (χ1v) is 22.8. The largest absolute Gasteiger partial charge is 0.506 e. The van der Waals surface area contributed by atoms with Crippen molar-refractivity contribution in [1.29, 1.82) is 0 Å². The Bertz CT molecular complexity index is 3430. The Labute approximate surface area is 367 Å². The lowest BCUT2D eigenvalue weighted by Gasteiger charge is -2.13. The van der Waals surface area contributed by atoms with Gasteiger partial charge in [-0.05, 0) is 83.6 Å². The Morgan fingerprint density at radius 3 is 1.06 bits per heavy atom. The minimum atomic E-state index is -5.27. The highest BCUT2D eigenvalue weighted by Gasteiger charge is 2.27. The van der Waals surface area contributed by atoms with Crippen molar-refractivity contribution < 1.29 is 96.9 Å². The Morgan fingerprint density at radius 1 is 0.424 bits per heavy atom. The lowest BCUT2D eigenvalue weighted by molar-refractivity contribution is 0.0681. The average Bonchev–Trinajstić information content (AvgIpc) is 3.18. The maximum Gasteiger partial charge on any atom is 0.339 e. The SMILES string of the molecule is O=C(Nc1ccc2c(O)c(N=Nc3cc(C(=O)O)c(O)c(S(=O)(=O)O)c3)c(S(=O)(=O)O)cc2c1)Nc1ccc2c(O)c(N=Nc3cc(C(=O)O)c(O)c(S(=O)(=O)O)c3)c(S(=O)(=O)O)cc2c1. The lowest BCUT2D eigenvalue weighted by atomic mass is 10.1. The molecule has 0 heterocycles. The molecule has 0 radical (unpaired) electrons. The molecule has 2 amide bonds. The number of carboxylic acids is 2. The van der Waals surface area contributed by atoms with Crippen LogP contribution in [-0.4, -0.2) is 100 Å². The molecule has 66 heavy (non-hydrogen) atoms. The van der Waals surface area contributed by atoms with E-state index in [1.807, 2.05) is 0 Å². The van der Waals surface area contributed by atoms with Gasteiger partial charge in [0, 0.05) is 22.1 Å². The third kappa shape index (κ3) is 9.76. The summed E-state index contributed by atoms with van der Waals surface area (Å²) in [7, 11) is -21.0. The van der Waals surface area contributed by atoms with Crippen LogP contribution >= 0.6 is 0 Å². The standard InChI is InChI=1S/C35H24N6O21S4/c42-29-21(33(46)47)9-17(11-25(29)65(57,58)59)38-40-27-23(63(51,52)53)7-13-5-15(1-3-19(13)31(27)44)36-35(50)37-16-2-4-20-14(6-16)8-24(64(54,55)56)28(32(20)45)41-39-18-10-22(34(48)49)30(43)26(12-18)66(60,61)62/h1-12,42-45H,(H,46,47)(H,48,49)(H2,36,37,50)(H,51,52,53)(H,54,55,56)(H,57,58,59)(H,60,61,62). The first-order valence-electron chi connectivity index (χ1n) is 17.1. The van der Waals surface area contributed by atoms with E-state index in [0.29, 0.717) is 24.3 Å². The highest BCUT2D eigenvalue weighted by molar-refractivity contribution is 7.86. The highest BCUT2D eigenvalue weighted by atomic mass is 32.2. The molecule has 31 heteroatoms. The number of aromatic carboxylic acids is 2. The Hall–Kier alpha value is -7.91. The molecule has 344 valence electrons. The molecule has 0 bridgehead atoms. The fourth-order valence-electron chi connectivity index (χ4n) is 5.98. The summed E-state index contributed by atoms with van der Waals surface area (Å²) < 4.78 is 135. The summed E-state index contributed by atoms with van der Waals surface area (Å²) in [6.07, 6.45) is 0. The van der Waals surface area contributed by atoms with Crippen LogP contribution in [0.3, 0.4) is 0 Å². The summed E-state index contributed by atoms with van der Waals surface area (Å²) in [6.45, 7) is 0. The zero-order valence-electron chi connectivity index (χ0n) is 31.8. The molecule has 0 fully saturated rings. The van der Waals surface area contributed by atoms with Crippen molar-refractivity contribution in [3.63, 3.8) is 0 Å². The van der Waals surface area contributed by atoms with Crippen molar-refractivity contribution in [1.82, 2.24) is 0 Å². The topological polar surface area (TPSA) is 464 Å². The molecule has 0 unspecified atom stereocenters. The molecule has 0 aliphatic rings. The quantitative estimate of drug-likeness (QED) is 0.0518. The van der Waals surface area contributed by atoms with E-state index in [2.05, 4.69) is 31.1 Å². The molecule has 27 nitrogen and oxygen atoms in total. The van der Waals surface area contributed by atoms with Gasteiger partial charge < -0.3 is 41.3 Å². The monoisotopic (exact) mass is 992 g/mol. The predicted molar refractivity (Wildman–Crippen MR) is 222 cm³/mol. The number of nitrogens with zero attached hydrogens (tertiary/aromatic N) is 4. The summed E-state index contributed by atoms with van der Waals surface area (Å²) in [5.74, 6) is -8.39. The van der Waals surface area contributed by atoms with Gasteiger partial charge in [0.05, 0.1) is 11.4 Å². The molecular formula is C35H24N6O21S4. The molecule has 6 rings (SSSR count). The number of hydrogen-bond donors (Lipinski definition) is 12. The molecule has 12 N–H and O–H groups in total. The number of aromatic hydroxyl groups is 4. The van der Waals surface area contributed by atoms with Crippen LogP contribution in [0.25, 0.3) is 21.5 Å². The zero-order valence-corrected chi connectivity index (χ0v) is 35.1. The van der Waals surface area contributed by atoms with Crippen molar-refractivity contribution in [3.05, 3.63) is 83.9 Å². The Morgan fingerprint density at radius 2 is 0.758 bits per heavy atom. The number of anilines is 2. The van der Waals surface area contributed by atoms with Crippen LogP contribution in [0.2, 0.25) is 0 Å². The van der Waals surface area contributed by atoms with Crippen molar-refractivity contribution >= 4 is 114 Å². The number of carbonyl (C=O) groups excluding carboxylic acids is 1. The minimum absolute atomic E-state index is 0.0898. The predicted octanol–water partition coefficient (Wildman–Crippen LogP) is 5.67. The molecule has 0 aromatic heterocycles. The first kappa shape index (κ1) is 47.6. The molecule has 0 saturated carbocycles. The molecule has 6 aromatic carbocycles. The molecule has 0 spiro atoms. The van der Waals surface area contributed by atoms with Crippen molar-refractivity contribution in [2.24, 2.45) is 20.5 Å². The van der Waals surface area contributed by atoms with Crippen LogP contribution in [0.15, 0.2) is 113 Å². The van der Waals surface area contributed by atoms with Gasteiger partial charge in [-0.3, -0.25) is 18.2 Å². The van der Waals surface area contributed by atoms with Gasteiger partial charge in [-0.15, -0.1) is 10.2 Å². The van der Waals surface area contributed by atoms with Gasteiger partial charge in [-0.25, -0.2) is 14.4 Å². The Kier molecular flexibility index (Phi) is 12.2. The summed E-state index contributed by atoms with van der Waals surface area (Å²) >= 11 is 0. The molecular weight excluding hydrogens is 969 g/mol. The van der Waals surface area contributed by atoms with Crippen molar-refractivity contribution in [3.8, 4) is 23.0 Å². The van der Waals surface area contributed by atoms with Crippen LogP contribution in [0.4, 0.5) is 38.9 Å². The first-order chi connectivity index (χ1) is 30.4. The van der Waals surface area contributed by atoms with E-state index < -0.39 is 135 Å². The molecule has 0 aliphatic carbocycles. The molecule has 6 aromatic rings. The number of urea groups is 1. The third-order valence-corrected chi connectivity index (χ3v) is 12.3. The van der Waals surface area contributed by atoms with Crippen molar-refractivity contribution in [2.75, 3.05) is 10.6 Å². The maximum absolute atomic E-state index is 13.1. The van der Waals surface area contributed by atoms with Crippen LogP contribution in [-0.2, 0) is 40.5 Å².